The topological polar surface area (TPSA) is 78.5 Å². The summed E-state index contributed by atoms with van der Waals surface area (Å²) in [7, 11) is 0. The van der Waals surface area contributed by atoms with E-state index in [1.165, 1.54) is 6.92 Å². The molecule has 0 saturated carbocycles. The van der Waals surface area contributed by atoms with Gasteiger partial charge in [0.15, 0.2) is 0 Å². The molecule has 3 aromatic carbocycles. The normalized spacial score (nSPS) is 12.6. The molecule has 3 amide bonds. The van der Waals surface area contributed by atoms with E-state index in [-0.39, 0.29) is 17.7 Å². The van der Waals surface area contributed by atoms with Crippen molar-refractivity contribution in [2.45, 2.75) is 19.8 Å². The van der Waals surface area contributed by atoms with Crippen LogP contribution in [0.1, 0.15) is 39.6 Å². The SMILES string of the molecule is CC(=O)Nc1ccc(NC(=O)c2ccc3c(c2)CCCN3C(=O)c2cccc(Cl)c2)cc1. The van der Waals surface area contributed by atoms with E-state index >= 15 is 0 Å². The number of nitrogens with zero attached hydrogens (tertiary/aromatic N) is 1. The molecule has 0 aliphatic carbocycles. The highest BCUT2D eigenvalue weighted by atomic mass is 35.5. The summed E-state index contributed by atoms with van der Waals surface area (Å²) in [6, 6.07) is 19.2. The van der Waals surface area contributed by atoms with Gasteiger partial charge >= 0.3 is 0 Å². The molecule has 0 radical (unpaired) electrons. The molecule has 6 nitrogen and oxygen atoms in total. The minimum Gasteiger partial charge on any atom is -0.326 e. The van der Waals surface area contributed by atoms with Crippen LogP contribution in [0.5, 0.6) is 0 Å². The summed E-state index contributed by atoms with van der Waals surface area (Å²) in [6.45, 7) is 2.06. The van der Waals surface area contributed by atoms with E-state index in [2.05, 4.69) is 10.6 Å². The number of hydrogen-bond donors (Lipinski definition) is 2. The van der Waals surface area contributed by atoms with E-state index in [1.54, 1.807) is 59.5 Å². The molecule has 0 spiro atoms. The van der Waals surface area contributed by atoms with E-state index in [0.717, 1.165) is 24.1 Å². The fraction of sp³-hybridized carbons (Fsp3) is 0.160. The van der Waals surface area contributed by atoms with E-state index in [1.807, 2.05) is 12.1 Å². The highest BCUT2D eigenvalue weighted by Crippen LogP contribution is 2.30. The molecular formula is C25H22ClN3O3. The first-order valence-electron chi connectivity index (χ1n) is 10.3. The van der Waals surface area contributed by atoms with Crippen LogP contribution in [0, 0.1) is 0 Å². The predicted molar refractivity (Wildman–Crippen MR) is 127 cm³/mol. The zero-order chi connectivity index (χ0) is 22.7. The van der Waals surface area contributed by atoms with Crippen LogP contribution in [-0.4, -0.2) is 24.3 Å². The predicted octanol–water partition coefficient (Wildman–Crippen LogP) is 5.14. The maximum Gasteiger partial charge on any atom is 0.258 e. The van der Waals surface area contributed by atoms with E-state index < -0.39 is 0 Å². The molecule has 1 heterocycles. The lowest BCUT2D eigenvalue weighted by Crippen LogP contribution is -2.35. The average molecular weight is 448 g/mol. The van der Waals surface area contributed by atoms with Gasteiger partial charge in [0.2, 0.25) is 5.91 Å². The number of halogens is 1. The van der Waals surface area contributed by atoms with Crippen molar-refractivity contribution in [3.05, 3.63) is 88.4 Å². The van der Waals surface area contributed by atoms with Crippen LogP contribution in [0.25, 0.3) is 0 Å². The van der Waals surface area contributed by atoms with E-state index in [0.29, 0.717) is 34.1 Å². The van der Waals surface area contributed by atoms with Crippen molar-refractivity contribution in [1.29, 1.82) is 0 Å². The van der Waals surface area contributed by atoms with Crippen LogP contribution in [0.15, 0.2) is 66.7 Å². The number of anilines is 3. The molecule has 2 N–H and O–H groups in total. The van der Waals surface area contributed by atoms with Gasteiger partial charge in [-0.05, 0) is 79.1 Å². The maximum absolute atomic E-state index is 13.0. The summed E-state index contributed by atoms with van der Waals surface area (Å²) in [5.74, 6) is -0.498. The lowest BCUT2D eigenvalue weighted by Gasteiger charge is -2.30. The van der Waals surface area contributed by atoms with Gasteiger partial charge in [0, 0.05) is 46.7 Å². The Morgan fingerprint density at radius 3 is 2.28 bits per heavy atom. The number of aryl methyl sites for hydroxylation is 1. The molecular weight excluding hydrogens is 426 g/mol. The molecule has 7 heteroatoms. The van der Waals surface area contributed by atoms with Gasteiger partial charge in [-0.25, -0.2) is 0 Å². The Hall–Kier alpha value is -3.64. The van der Waals surface area contributed by atoms with E-state index in [4.69, 9.17) is 11.6 Å². The first-order chi connectivity index (χ1) is 15.4. The molecule has 1 aliphatic heterocycles. The number of rotatable bonds is 4. The Labute approximate surface area is 191 Å². The van der Waals surface area contributed by atoms with Crippen molar-refractivity contribution in [3.8, 4) is 0 Å². The fourth-order valence-corrected chi connectivity index (χ4v) is 3.96. The fourth-order valence-electron chi connectivity index (χ4n) is 3.77. The first-order valence-corrected chi connectivity index (χ1v) is 10.7. The van der Waals surface area contributed by atoms with Crippen LogP contribution in [-0.2, 0) is 11.2 Å². The molecule has 0 aromatic heterocycles. The number of fused-ring (bicyclic) bond motifs is 1. The smallest absolute Gasteiger partial charge is 0.258 e. The number of hydrogen-bond acceptors (Lipinski definition) is 3. The molecule has 0 unspecified atom stereocenters. The van der Waals surface area contributed by atoms with Crippen LogP contribution in [0.3, 0.4) is 0 Å². The first kappa shape index (κ1) is 21.6. The Bertz CT molecular complexity index is 1190. The second-order valence-corrected chi connectivity index (χ2v) is 8.06. The molecule has 0 saturated heterocycles. The number of carbonyl (C=O) groups excluding carboxylic acids is 3. The zero-order valence-corrected chi connectivity index (χ0v) is 18.3. The van der Waals surface area contributed by atoms with Gasteiger partial charge in [0.25, 0.3) is 11.8 Å². The summed E-state index contributed by atoms with van der Waals surface area (Å²) in [4.78, 5) is 38.7. The van der Waals surface area contributed by atoms with Crippen LogP contribution in [0.4, 0.5) is 17.1 Å². The summed E-state index contributed by atoms with van der Waals surface area (Å²) >= 11 is 6.05. The Kier molecular flexibility index (Phi) is 6.23. The molecule has 1 aliphatic rings. The second-order valence-electron chi connectivity index (χ2n) is 7.63. The minimum absolute atomic E-state index is 0.107. The third kappa shape index (κ3) is 4.81. The van der Waals surface area contributed by atoms with Crippen LogP contribution >= 0.6 is 11.6 Å². The van der Waals surface area contributed by atoms with Gasteiger partial charge in [-0.3, -0.25) is 14.4 Å². The maximum atomic E-state index is 13.0. The largest absolute Gasteiger partial charge is 0.326 e. The number of benzene rings is 3. The number of amides is 3. The van der Waals surface area contributed by atoms with Crippen molar-refractivity contribution < 1.29 is 14.4 Å². The van der Waals surface area contributed by atoms with Crippen molar-refractivity contribution in [3.63, 3.8) is 0 Å². The van der Waals surface area contributed by atoms with Gasteiger partial charge in [0.1, 0.15) is 0 Å². The number of carbonyl (C=O) groups is 3. The average Bonchev–Trinajstić information content (AvgIpc) is 2.78. The van der Waals surface area contributed by atoms with Crippen molar-refractivity contribution in [1.82, 2.24) is 0 Å². The summed E-state index contributed by atoms with van der Waals surface area (Å²) in [5, 5.41) is 6.07. The summed E-state index contributed by atoms with van der Waals surface area (Å²) in [5.41, 5.74) is 4.12. The summed E-state index contributed by atoms with van der Waals surface area (Å²) < 4.78 is 0. The highest BCUT2D eigenvalue weighted by Gasteiger charge is 2.24. The molecule has 32 heavy (non-hydrogen) atoms. The summed E-state index contributed by atoms with van der Waals surface area (Å²) in [6.07, 6.45) is 1.61. The highest BCUT2D eigenvalue weighted by molar-refractivity contribution is 6.31. The standard InChI is InChI=1S/C25H22ClN3O3/c1-16(30)27-21-8-10-22(11-9-21)28-24(31)18-7-12-23-17(14-18)5-3-13-29(23)25(32)19-4-2-6-20(26)15-19/h2,4,6-12,14-15H,3,5,13H2,1H3,(H,27,30)(H,28,31). The minimum atomic E-state index is -0.238. The molecule has 0 bridgehead atoms. The zero-order valence-electron chi connectivity index (χ0n) is 17.5. The van der Waals surface area contributed by atoms with E-state index in [9.17, 15) is 14.4 Å². The van der Waals surface area contributed by atoms with Crippen LogP contribution < -0.4 is 15.5 Å². The van der Waals surface area contributed by atoms with Gasteiger partial charge in [-0.1, -0.05) is 17.7 Å². The lowest BCUT2D eigenvalue weighted by atomic mass is 9.98. The molecule has 162 valence electrons. The third-order valence-electron chi connectivity index (χ3n) is 5.24. The van der Waals surface area contributed by atoms with Crippen LogP contribution in [0.2, 0.25) is 5.02 Å². The van der Waals surface area contributed by atoms with Gasteiger partial charge in [-0.2, -0.15) is 0 Å². The molecule has 0 atom stereocenters. The van der Waals surface area contributed by atoms with Crippen molar-refractivity contribution >= 4 is 46.4 Å². The van der Waals surface area contributed by atoms with Crippen molar-refractivity contribution in [2.75, 3.05) is 22.1 Å². The van der Waals surface area contributed by atoms with Gasteiger partial charge in [0.05, 0.1) is 0 Å². The number of nitrogens with one attached hydrogen (secondary N) is 2. The Balaban J connectivity index is 1.51. The van der Waals surface area contributed by atoms with Gasteiger partial charge in [-0.15, -0.1) is 0 Å². The van der Waals surface area contributed by atoms with Gasteiger partial charge < -0.3 is 15.5 Å². The third-order valence-corrected chi connectivity index (χ3v) is 5.48. The Morgan fingerprint density at radius 2 is 1.59 bits per heavy atom. The Morgan fingerprint density at radius 1 is 0.875 bits per heavy atom. The van der Waals surface area contributed by atoms with Crippen molar-refractivity contribution in [2.24, 2.45) is 0 Å². The molecule has 3 aromatic rings. The monoisotopic (exact) mass is 447 g/mol. The molecule has 0 fully saturated rings. The quantitative estimate of drug-likeness (QED) is 0.581. The molecule has 4 rings (SSSR count). The second kappa shape index (κ2) is 9.24. The lowest BCUT2D eigenvalue weighted by molar-refractivity contribution is -0.114.